The summed E-state index contributed by atoms with van der Waals surface area (Å²) >= 11 is 12.6. The molecule has 13 heteroatoms. The van der Waals surface area contributed by atoms with Crippen LogP contribution in [0.3, 0.4) is 0 Å². The summed E-state index contributed by atoms with van der Waals surface area (Å²) < 4.78 is 45.8. The van der Waals surface area contributed by atoms with E-state index in [4.69, 9.17) is 37.4 Å². The first-order valence-corrected chi connectivity index (χ1v) is 17.7. The second-order valence-electron chi connectivity index (χ2n) is 11.2. The van der Waals surface area contributed by atoms with Crippen LogP contribution >= 0.6 is 23.2 Å². The molecule has 3 aromatic rings. The minimum absolute atomic E-state index is 0.0144. The first kappa shape index (κ1) is 36.2. The summed E-state index contributed by atoms with van der Waals surface area (Å²) in [5.74, 6) is 0.154. The minimum Gasteiger partial charge on any atom is -0.494 e. The summed E-state index contributed by atoms with van der Waals surface area (Å²) in [5.41, 5.74) is 0.775. The molecule has 0 bridgehead atoms. The van der Waals surface area contributed by atoms with Gasteiger partial charge in [-0.25, -0.2) is 8.42 Å². The molecule has 0 saturated heterocycles. The Balaban J connectivity index is 1.73. The Morgan fingerprint density at radius 1 is 0.936 bits per heavy atom. The van der Waals surface area contributed by atoms with Crippen LogP contribution < -0.4 is 23.8 Å². The van der Waals surface area contributed by atoms with Gasteiger partial charge in [0.25, 0.3) is 10.0 Å². The monoisotopic (exact) mass is 705 g/mol. The fourth-order valence-corrected chi connectivity index (χ4v) is 7.39. The summed E-state index contributed by atoms with van der Waals surface area (Å²) in [6.45, 7) is 3.23. The van der Waals surface area contributed by atoms with Gasteiger partial charge in [0.05, 0.1) is 31.4 Å². The Morgan fingerprint density at radius 3 is 2.23 bits per heavy atom. The van der Waals surface area contributed by atoms with Crippen molar-refractivity contribution in [2.75, 3.05) is 31.7 Å². The van der Waals surface area contributed by atoms with E-state index in [9.17, 15) is 18.0 Å². The van der Waals surface area contributed by atoms with Gasteiger partial charge in [-0.05, 0) is 80.8 Å². The summed E-state index contributed by atoms with van der Waals surface area (Å²) in [5, 5.41) is 3.82. The van der Waals surface area contributed by atoms with Crippen molar-refractivity contribution >= 4 is 50.7 Å². The van der Waals surface area contributed by atoms with Crippen LogP contribution in [-0.4, -0.2) is 64.6 Å². The van der Waals surface area contributed by atoms with Crippen LogP contribution in [0.1, 0.15) is 51.5 Å². The number of anilines is 1. The smallest absolute Gasteiger partial charge is 0.264 e. The van der Waals surface area contributed by atoms with Crippen molar-refractivity contribution in [1.29, 1.82) is 0 Å². The molecule has 10 nitrogen and oxygen atoms in total. The van der Waals surface area contributed by atoms with Gasteiger partial charge >= 0.3 is 0 Å². The first-order chi connectivity index (χ1) is 22.5. The van der Waals surface area contributed by atoms with Crippen molar-refractivity contribution < 1.29 is 32.2 Å². The van der Waals surface area contributed by atoms with Crippen molar-refractivity contribution in [3.05, 3.63) is 76.3 Å². The summed E-state index contributed by atoms with van der Waals surface area (Å²) in [4.78, 5) is 29.1. The SMILES string of the molecule is CCOc1ccc(N(CC(=O)N(Cc2ccc(Cl)cc2Cl)[C@@H](C)C(=O)NC2CCCCC2)S(=O)(=O)c2ccc(OC)c(OC)c2)cc1. The summed E-state index contributed by atoms with van der Waals surface area (Å²) in [7, 11) is -1.50. The largest absolute Gasteiger partial charge is 0.494 e. The zero-order valence-electron chi connectivity index (χ0n) is 27.0. The summed E-state index contributed by atoms with van der Waals surface area (Å²) in [6, 6.07) is 14.6. The molecule has 1 aliphatic carbocycles. The fraction of sp³-hybridized carbons (Fsp3) is 0.412. The number of halogens is 2. The first-order valence-electron chi connectivity index (χ1n) is 15.5. The molecule has 0 spiro atoms. The van der Waals surface area contributed by atoms with E-state index in [2.05, 4.69) is 5.32 Å². The maximum Gasteiger partial charge on any atom is 0.264 e. The number of rotatable bonds is 14. The fourth-order valence-electron chi connectivity index (χ4n) is 5.49. The number of nitrogens with zero attached hydrogens (tertiary/aromatic N) is 2. The van der Waals surface area contributed by atoms with Gasteiger partial charge in [0, 0.05) is 28.7 Å². The van der Waals surface area contributed by atoms with E-state index in [-0.39, 0.29) is 34.8 Å². The van der Waals surface area contributed by atoms with E-state index in [1.165, 1.54) is 37.3 Å². The molecule has 1 saturated carbocycles. The standard InChI is InChI=1S/C34H41Cl2N3O7S/c1-5-46-28-15-13-27(14-16-28)39(47(42,43)29-17-18-31(44-3)32(20-29)45-4)22-33(40)38(21-24-11-12-25(35)19-30(24)36)23(2)34(41)37-26-9-7-6-8-10-26/h11-20,23,26H,5-10,21-22H2,1-4H3,(H,37,41)/t23-/m0/s1. The van der Waals surface area contributed by atoms with Crippen molar-refractivity contribution in [2.24, 2.45) is 0 Å². The Labute approximate surface area is 286 Å². The second-order valence-corrected chi connectivity index (χ2v) is 13.9. The third-order valence-corrected chi connectivity index (χ3v) is 10.5. The van der Waals surface area contributed by atoms with Gasteiger partial charge < -0.3 is 24.4 Å². The quantitative estimate of drug-likeness (QED) is 0.204. The highest BCUT2D eigenvalue weighted by molar-refractivity contribution is 7.92. The lowest BCUT2D eigenvalue weighted by Crippen LogP contribution is -2.53. The van der Waals surface area contributed by atoms with E-state index in [0.29, 0.717) is 33.7 Å². The van der Waals surface area contributed by atoms with Crippen LogP contribution in [0.15, 0.2) is 65.6 Å². The van der Waals surface area contributed by atoms with Crippen LogP contribution in [-0.2, 0) is 26.2 Å². The maximum absolute atomic E-state index is 14.3. The van der Waals surface area contributed by atoms with E-state index in [0.717, 1.165) is 36.4 Å². The highest BCUT2D eigenvalue weighted by Gasteiger charge is 2.34. The number of amides is 2. The molecule has 4 rings (SSSR count). The second kappa shape index (κ2) is 16.4. The van der Waals surface area contributed by atoms with Gasteiger partial charge in [0.1, 0.15) is 18.3 Å². The zero-order valence-corrected chi connectivity index (χ0v) is 29.3. The molecular weight excluding hydrogens is 665 g/mol. The lowest BCUT2D eigenvalue weighted by molar-refractivity contribution is -0.139. The van der Waals surface area contributed by atoms with E-state index in [1.54, 1.807) is 49.4 Å². The minimum atomic E-state index is -4.36. The van der Waals surface area contributed by atoms with Crippen LogP contribution in [0.25, 0.3) is 0 Å². The number of hydrogen-bond donors (Lipinski definition) is 1. The van der Waals surface area contributed by atoms with Crippen LogP contribution in [0.5, 0.6) is 17.2 Å². The number of nitrogens with one attached hydrogen (secondary N) is 1. The number of carbonyl (C=O) groups excluding carboxylic acids is 2. The third-order valence-electron chi connectivity index (χ3n) is 8.13. The maximum atomic E-state index is 14.3. The summed E-state index contributed by atoms with van der Waals surface area (Å²) in [6.07, 6.45) is 4.90. The van der Waals surface area contributed by atoms with Gasteiger partial charge in [-0.1, -0.05) is 48.5 Å². The molecule has 1 aliphatic rings. The molecule has 0 unspecified atom stereocenters. The Kier molecular flexibility index (Phi) is 12.6. The molecule has 1 N–H and O–H groups in total. The molecule has 0 heterocycles. The number of hydrogen-bond acceptors (Lipinski definition) is 7. The van der Waals surface area contributed by atoms with Crippen molar-refractivity contribution in [3.63, 3.8) is 0 Å². The molecule has 3 aromatic carbocycles. The molecule has 254 valence electrons. The predicted octanol–water partition coefficient (Wildman–Crippen LogP) is 6.47. The molecule has 0 aliphatic heterocycles. The molecule has 47 heavy (non-hydrogen) atoms. The molecule has 1 fully saturated rings. The molecule has 0 radical (unpaired) electrons. The molecule has 2 amide bonds. The number of methoxy groups -OCH3 is 2. The normalized spacial score (nSPS) is 14.2. The van der Waals surface area contributed by atoms with Crippen LogP contribution in [0.4, 0.5) is 5.69 Å². The average Bonchev–Trinajstić information content (AvgIpc) is 3.07. The molecule has 0 aromatic heterocycles. The Morgan fingerprint density at radius 2 is 1.62 bits per heavy atom. The third kappa shape index (κ3) is 9.03. The number of carbonyl (C=O) groups is 2. The lowest BCUT2D eigenvalue weighted by Gasteiger charge is -2.33. The van der Waals surface area contributed by atoms with Crippen molar-refractivity contribution in [1.82, 2.24) is 10.2 Å². The van der Waals surface area contributed by atoms with E-state index >= 15 is 0 Å². The molecule has 1 atom stereocenters. The number of ether oxygens (including phenoxy) is 3. The van der Waals surface area contributed by atoms with Gasteiger partial charge in [0.2, 0.25) is 11.8 Å². The van der Waals surface area contributed by atoms with Crippen LogP contribution in [0.2, 0.25) is 10.0 Å². The Bertz CT molecular complexity index is 1650. The van der Waals surface area contributed by atoms with Gasteiger partial charge in [-0.2, -0.15) is 0 Å². The predicted molar refractivity (Wildman–Crippen MR) is 183 cm³/mol. The molecular formula is C34H41Cl2N3O7S. The lowest BCUT2D eigenvalue weighted by atomic mass is 9.95. The van der Waals surface area contributed by atoms with Gasteiger partial charge in [-0.3, -0.25) is 13.9 Å². The number of benzene rings is 3. The van der Waals surface area contributed by atoms with E-state index < -0.39 is 28.5 Å². The zero-order chi connectivity index (χ0) is 34.1. The topological polar surface area (TPSA) is 114 Å². The number of sulfonamides is 1. The Hall–Kier alpha value is -3.67. The van der Waals surface area contributed by atoms with Gasteiger partial charge in [0.15, 0.2) is 11.5 Å². The highest BCUT2D eigenvalue weighted by Crippen LogP contribution is 2.33. The van der Waals surface area contributed by atoms with Crippen molar-refractivity contribution in [3.8, 4) is 17.2 Å². The van der Waals surface area contributed by atoms with Crippen LogP contribution in [0, 0.1) is 0 Å². The average molecular weight is 707 g/mol. The van der Waals surface area contributed by atoms with Gasteiger partial charge in [-0.15, -0.1) is 0 Å². The van der Waals surface area contributed by atoms with Crippen molar-refractivity contribution in [2.45, 2.75) is 69.5 Å². The highest BCUT2D eigenvalue weighted by atomic mass is 35.5. The van der Waals surface area contributed by atoms with E-state index in [1.807, 2.05) is 6.92 Å².